The van der Waals surface area contributed by atoms with E-state index in [0.717, 1.165) is 18.9 Å². The Morgan fingerprint density at radius 3 is 2.74 bits per heavy atom. The molecule has 0 heterocycles. The molecule has 3 heteroatoms. The molecule has 104 valence electrons. The lowest BCUT2D eigenvalue weighted by molar-refractivity contribution is 0.248. The minimum atomic E-state index is -0.345. The van der Waals surface area contributed by atoms with Crippen molar-refractivity contribution in [1.82, 2.24) is 5.32 Å². The third-order valence-corrected chi connectivity index (χ3v) is 4.94. The summed E-state index contributed by atoms with van der Waals surface area (Å²) in [6.45, 7) is 2.81. The summed E-state index contributed by atoms with van der Waals surface area (Å²) >= 11 is 0. The van der Waals surface area contributed by atoms with Crippen LogP contribution in [0.5, 0.6) is 0 Å². The highest BCUT2D eigenvalue weighted by Crippen LogP contribution is 2.52. The van der Waals surface area contributed by atoms with E-state index in [1.165, 1.54) is 37.5 Å². The van der Waals surface area contributed by atoms with Gasteiger partial charge in [-0.15, -0.1) is 0 Å². The number of halogens is 2. The van der Waals surface area contributed by atoms with Crippen molar-refractivity contribution in [3.63, 3.8) is 0 Å². The van der Waals surface area contributed by atoms with Gasteiger partial charge in [0.15, 0.2) is 0 Å². The highest BCUT2D eigenvalue weighted by Gasteiger charge is 2.43. The first-order chi connectivity index (χ1) is 9.19. The number of fused-ring (bicyclic) bond motifs is 2. The fourth-order valence-electron chi connectivity index (χ4n) is 4.17. The molecule has 0 aliphatic heterocycles. The van der Waals surface area contributed by atoms with Crippen molar-refractivity contribution in [1.29, 1.82) is 0 Å². The van der Waals surface area contributed by atoms with E-state index in [4.69, 9.17) is 0 Å². The van der Waals surface area contributed by atoms with E-state index in [1.807, 2.05) is 6.92 Å². The van der Waals surface area contributed by atoms with Crippen molar-refractivity contribution in [3.05, 3.63) is 35.4 Å². The zero-order valence-electron chi connectivity index (χ0n) is 11.3. The fourth-order valence-corrected chi connectivity index (χ4v) is 4.17. The largest absolute Gasteiger partial charge is 0.310 e. The number of rotatable bonds is 4. The Balaban J connectivity index is 1.90. The summed E-state index contributed by atoms with van der Waals surface area (Å²) in [7, 11) is 0. The molecule has 4 atom stereocenters. The van der Waals surface area contributed by atoms with Gasteiger partial charge in [-0.3, -0.25) is 0 Å². The first-order valence-corrected chi connectivity index (χ1v) is 7.37. The van der Waals surface area contributed by atoms with E-state index in [1.54, 1.807) is 0 Å². The standard InChI is InChI=1S/C16H21F2N/c1-2-19-16(13-8-10-3-4-11(13)7-10)14-9-12(17)5-6-15(14)18/h5-6,9-11,13,16,19H,2-4,7-8H2,1H3. The molecule has 2 bridgehead atoms. The molecule has 1 nitrogen and oxygen atoms in total. The summed E-state index contributed by atoms with van der Waals surface area (Å²) in [6.07, 6.45) is 5.03. The topological polar surface area (TPSA) is 12.0 Å². The predicted molar refractivity (Wildman–Crippen MR) is 71.7 cm³/mol. The van der Waals surface area contributed by atoms with Gasteiger partial charge in [-0.25, -0.2) is 8.78 Å². The number of nitrogens with one attached hydrogen (secondary N) is 1. The van der Waals surface area contributed by atoms with Gasteiger partial charge >= 0.3 is 0 Å². The van der Waals surface area contributed by atoms with Gasteiger partial charge in [-0.2, -0.15) is 0 Å². The second-order valence-electron chi connectivity index (χ2n) is 6.04. The second-order valence-corrected chi connectivity index (χ2v) is 6.04. The number of hydrogen-bond acceptors (Lipinski definition) is 1. The number of benzene rings is 1. The molecule has 4 unspecified atom stereocenters. The Bertz CT molecular complexity index is 460. The highest BCUT2D eigenvalue weighted by molar-refractivity contribution is 5.24. The summed E-state index contributed by atoms with van der Waals surface area (Å²) in [4.78, 5) is 0. The summed E-state index contributed by atoms with van der Waals surface area (Å²) in [5.41, 5.74) is 0.513. The van der Waals surface area contributed by atoms with Gasteiger partial charge in [-0.1, -0.05) is 13.3 Å². The van der Waals surface area contributed by atoms with Crippen molar-refractivity contribution in [3.8, 4) is 0 Å². The normalized spacial score (nSPS) is 30.8. The quantitative estimate of drug-likeness (QED) is 0.866. The molecule has 0 saturated heterocycles. The first kappa shape index (κ1) is 13.0. The van der Waals surface area contributed by atoms with Crippen LogP contribution in [0.3, 0.4) is 0 Å². The van der Waals surface area contributed by atoms with Gasteiger partial charge in [-0.05, 0) is 61.8 Å². The van der Waals surface area contributed by atoms with Gasteiger partial charge in [0, 0.05) is 11.6 Å². The maximum Gasteiger partial charge on any atom is 0.128 e. The average Bonchev–Trinajstić information content (AvgIpc) is 3.01. The van der Waals surface area contributed by atoms with Crippen LogP contribution in [-0.4, -0.2) is 6.54 Å². The zero-order chi connectivity index (χ0) is 13.4. The molecular weight excluding hydrogens is 244 g/mol. The van der Waals surface area contributed by atoms with Crippen LogP contribution >= 0.6 is 0 Å². The summed E-state index contributed by atoms with van der Waals surface area (Å²) in [5, 5.41) is 3.39. The van der Waals surface area contributed by atoms with Crippen molar-refractivity contribution in [2.45, 2.75) is 38.6 Å². The van der Waals surface area contributed by atoms with Gasteiger partial charge in [0.1, 0.15) is 11.6 Å². The Morgan fingerprint density at radius 1 is 1.26 bits per heavy atom. The molecule has 19 heavy (non-hydrogen) atoms. The van der Waals surface area contributed by atoms with Crippen LogP contribution in [0.1, 0.15) is 44.2 Å². The molecule has 1 N–H and O–H groups in total. The smallest absolute Gasteiger partial charge is 0.128 e. The van der Waals surface area contributed by atoms with Gasteiger partial charge in [0.25, 0.3) is 0 Å². The third kappa shape index (κ3) is 2.40. The SMILES string of the molecule is CCNC(c1cc(F)ccc1F)C1CC2CCC1C2. The lowest BCUT2D eigenvalue weighted by Crippen LogP contribution is -2.32. The maximum absolute atomic E-state index is 14.0. The monoisotopic (exact) mass is 265 g/mol. The molecule has 2 aliphatic rings. The van der Waals surface area contributed by atoms with Crippen molar-refractivity contribution < 1.29 is 8.78 Å². The maximum atomic E-state index is 14.0. The Labute approximate surface area is 113 Å². The van der Waals surface area contributed by atoms with E-state index in [2.05, 4.69) is 5.32 Å². The van der Waals surface area contributed by atoms with Crippen molar-refractivity contribution >= 4 is 0 Å². The lowest BCUT2D eigenvalue weighted by atomic mass is 9.80. The molecule has 2 saturated carbocycles. The van der Waals surface area contributed by atoms with Crippen LogP contribution in [-0.2, 0) is 0 Å². The van der Waals surface area contributed by atoms with E-state index in [9.17, 15) is 8.78 Å². The molecule has 0 radical (unpaired) electrons. The van der Waals surface area contributed by atoms with E-state index in [0.29, 0.717) is 17.4 Å². The zero-order valence-corrected chi connectivity index (χ0v) is 11.3. The molecule has 0 spiro atoms. The second kappa shape index (κ2) is 5.20. The van der Waals surface area contributed by atoms with Crippen molar-refractivity contribution in [2.75, 3.05) is 6.54 Å². The van der Waals surface area contributed by atoms with Crippen LogP contribution in [0, 0.1) is 29.4 Å². The Hall–Kier alpha value is -0.960. The van der Waals surface area contributed by atoms with E-state index >= 15 is 0 Å². The van der Waals surface area contributed by atoms with Gasteiger partial charge in [0.2, 0.25) is 0 Å². The molecule has 1 aromatic carbocycles. The molecule has 0 aromatic heterocycles. The Kier molecular flexibility index (Phi) is 3.57. The molecule has 2 aliphatic carbocycles. The van der Waals surface area contributed by atoms with Gasteiger partial charge < -0.3 is 5.32 Å². The van der Waals surface area contributed by atoms with Crippen molar-refractivity contribution in [2.24, 2.45) is 17.8 Å². The summed E-state index contributed by atoms with van der Waals surface area (Å²) in [6, 6.07) is 3.79. The molecule has 2 fully saturated rings. The highest BCUT2D eigenvalue weighted by atomic mass is 19.1. The predicted octanol–water partition coefficient (Wildman–Crippen LogP) is 4.05. The van der Waals surface area contributed by atoms with Crippen LogP contribution in [0.25, 0.3) is 0 Å². The minimum Gasteiger partial charge on any atom is -0.310 e. The minimum absolute atomic E-state index is 0.0315. The molecular formula is C16H21F2N. The van der Waals surface area contributed by atoms with E-state index < -0.39 is 0 Å². The lowest BCUT2D eigenvalue weighted by Gasteiger charge is -2.31. The molecule has 3 rings (SSSR count). The molecule has 1 aromatic rings. The third-order valence-electron chi connectivity index (χ3n) is 4.94. The molecule has 0 amide bonds. The Morgan fingerprint density at radius 2 is 2.11 bits per heavy atom. The van der Waals surface area contributed by atoms with Crippen LogP contribution in [0.2, 0.25) is 0 Å². The average molecular weight is 265 g/mol. The van der Waals surface area contributed by atoms with E-state index in [-0.39, 0.29) is 17.7 Å². The van der Waals surface area contributed by atoms with Crippen LogP contribution in [0.15, 0.2) is 18.2 Å². The van der Waals surface area contributed by atoms with Crippen LogP contribution < -0.4 is 5.32 Å². The first-order valence-electron chi connectivity index (χ1n) is 7.37. The number of hydrogen-bond donors (Lipinski definition) is 1. The summed E-state index contributed by atoms with van der Waals surface area (Å²) in [5.74, 6) is 1.34. The fraction of sp³-hybridized carbons (Fsp3) is 0.625. The summed E-state index contributed by atoms with van der Waals surface area (Å²) < 4.78 is 27.5. The van der Waals surface area contributed by atoms with Crippen LogP contribution in [0.4, 0.5) is 8.78 Å². The van der Waals surface area contributed by atoms with Gasteiger partial charge in [0.05, 0.1) is 0 Å².